The SMILES string of the molecule is O=C(O)C1(Nc2cccc(C(F)(F)F)c2)CCC2(CC1)C(Br)=Cc1ccccc12. The lowest BCUT2D eigenvalue weighted by Gasteiger charge is -2.44. The van der Waals surface area contributed by atoms with Crippen molar-refractivity contribution >= 4 is 33.7 Å². The van der Waals surface area contributed by atoms with E-state index >= 15 is 0 Å². The normalized spacial score (nSPS) is 26.1. The molecule has 4 rings (SSSR count). The smallest absolute Gasteiger partial charge is 0.416 e. The third-order valence-corrected chi connectivity index (χ3v) is 7.14. The van der Waals surface area contributed by atoms with Crippen LogP contribution in [0.3, 0.4) is 0 Å². The fraction of sp³-hybridized carbons (Fsp3) is 0.318. The zero-order valence-corrected chi connectivity index (χ0v) is 17.0. The van der Waals surface area contributed by atoms with Crippen molar-refractivity contribution in [1.82, 2.24) is 0 Å². The fourth-order valence-corrected chi connectivity index (χ4v) is 5.37. The van der Waals surface area contributed by atoms with Crippen molar-refractivity contribution in [2.75, 3.05) is 5.32 Å². The molecule has 0 heterocycles. The van der Waals surface area contributed by atoms with E-state index in [2.05, 4.69) is 33.4 Å². The molecule has 0 unspecified atom stereocenters. The molecule has 2 aliphatic carbocycles. The number of rotatable bonds is 3. The maximum atomic E-state index is 13.0. The molecule has 0 radical (unpaired) electrons. The topological polar surface area (TPSA) is 49.3 Å². The molecule has 2 N–H and O–H groups in total. The second kappa shape index (κ2) is 6.90. The molecule has 0 aliphatic heterocycles. The first-order chi connectivity index (χ1) is 13.7. The molecule has 0 aromatic heterocycles. The molecule has 1 fully saturated rings. The van der Waals surface area contributed by atoms with E-state index in [1.807, 2.05) is 18.2 Å². The highest BCUT2D eigenvalue weighted by atomic mass is 79.9. The first-order valence-corrected chi connectivity index (χ1v) is 10.1. The minimum absolute atomic E-state index is 0.166. The molecule has 0 saturated heterocycles. The van der Waals surface area contributed by atoms with Gasteiger partial charge in [0, 0.05) is 15.6 Å². The molecule has 2 aromatic carbocycles. The van der Waals surface area contributed by atoms with Crippen LogP contribution in [0.5, 0.6) is 0 Å². The molecule has 0 bridgehead atoms. The van der Waals surface area contributed by atoms with E-state index in [1.54, 1.807) is 0 Å². The Hall–Kier alpha value is -2.28. The molecular weight excluding hydrogens is 447 g/mol. The predicted molar refractivity (Wildman–Crippen MR) is 109 cm³/mol. The Bertz CT molecular complexity index is 992. The van der Waals surface area contributed by atoms with Crippen LogP contribution in [-0.2, 0) is 16.4 Å². The Kier molecular flexibility index (Phi) is 4.76. The van der Waals surface area contributed by atoms with E-state index in [1.165, 1.54) is 17.7 Å². The van der Waals surface area contributed by atoms with Crippen molar-refractivity contribution < 1.29 is 23.1 Å². The van der Waals surface area contributed by atoms with Crippen LogP contribution >= 0.6 is 15.9 Å². The third-order valence-electron chi connectivity index (χ3n) is 6.16. The zero-order chi connectivity index (χ0) is 20.9. The summed E-state index contributed by atoms with van der Waals surface area (Å²) in [5.41, 5.74) is 0.0778. The number of aliphatic carboxylic acids is 1. The average molecular weight is 466 g/mol. The van der Waals surface area contributed by atoms with Gasteiger partial charge in [0.05, 0.1) is 5.56 Å². The van der Waals surface area contributed by atoms with E-state index in [9.17, 15) is 23.1 Å². The van der Waals surface area contributed by atoms with Crippen LogP contribution in [0.15, 0.2) is 53.0 Å². The van der Waals surface area contributed by atoms with Gasteiger partial charge in [0.1, 0.15) is 5.54 Å². The molecule has 3 nitrogen and oxygen atoms in total. The van der Waals surface area contributed by atoms with Crippen LogP contribution in [0.1, 0.15) is 42.4 Å². The van der Waals surface area contributed by atoms with Crippen molar-refractivity contribution in [3.63, 3.8) is 0 Å². The Morgan fingerprint density at radius 1 is 1.03 bits per heavy atom. The van der Waals surface area contributed by atoms with Gasteiger partial charge in [-0.3, -0.25) is 0 Å². The lowest BCUT2D eigenvalue weighted by atomic mass is 9.65. The third kappa shape index (κ3) is 3.35. The van der Waals surface area contributed by atoms with Crippen molar-refractivity contribution in [3.8, 4) is 0 Å². The van der Waals surface area contributed by atoms with Gasteiger partial charge in [-0.2, -0.15) is 13.2 Å². The maximum absolute atomic E-state index is 13.0. The monoisotopic (exact) mass is 465 g/mol. The van der Waals surface area contributed by atoms with Gasteiger partial charge >= 0.3 is 12.1 Å². The predicted octanol–water partition coefficient (Wildman–Crippen LogP) is 6.20. The summed E-state index contributed by atoms with van der Waals surface area (Å²) in [5.74, 6) is -1.05. The van der Waals surface area contributed by atoms with Gasteiger partial charge in [-0.05, 0) is 61.1 Å². The number of fused-ring (bicyclic) bond motifs is 2. The molecule has 2 aliphatic rings. The summed E-state index contributed by atoms with van der Waals surface area (Å²) < 4.78 is 40.1. The highest BCUT2D eigenvalue weighted by Gasteiger charge is 2.51. The molecular formula is C22H19BrF3NO2. The molecule has 7 heteroatoms. The van der Waals surface area contributed by atoms with Gasteiger partial charge < -0.3 is 10.4 Å². The van der Waals surface area contributed by atoms with E-state index in [0.29, 0.717) is 25.7 Å². The number of anilines is 1. The lowest BCUT2D eigenvalue weighted by Crippen LogP contribution is -2.52. The number of hydrogen-bond donors (Lipinski definition) is 2. The van der Waals surface area contributed by atoms with Gasteiger partial charge in [0.25, 0.3) is 0 Å². The largest absolute Gasteiger partial charge is 0.480 e. The number of nitrogens with one attached hydrogen (secondary N) is 1. The van der Waals surface area contributed by atoms with Crippen LogP contribution < -0.4 is 5.32 Å². The number of hydrogen-bond acceptors (Lipinski definition) is 2. The molecule has 2 aromatic rings. The van der Waals surface area contributed by atoms with Crippen LogP contribution in [0.2, 0.25) is 0 Å². The summed E-state index contributed by atoms with van der Waals surface area (Å²) in [7, 11) is 0. The van der Waals surface area contributed by atoms with E-state index in [-0.39, 0.29) is 11.1 Å². The minimum Gasteiger partial charge on any atom is -0.480 e. The summed E-state index contributed by atoms with van der Waals surface area (Å²) in [5, 5.41) is 12.9. The molecule has 0 atom stereocenters. The highest BCUT2D eigenvalue weighted by molar-refractivity contribution is 9.11. The Morgan fingerprint density at radius 2 is 1.72 bits per heavy atom. The van der Waals surface area contributed by atoms with Crippen molar-refractivity contribution in [2.24, 2.45) is 0 Å². The first kappa shape index (κ1) is 20.0. The number of carbonyl (C=O) groups is 1. The standard InChI is InChI=1S/C22H19BrF3NO2/c23-18-12-14-4-1-2-7-17(14)20(18)8-10-21(11-9-20,19(28)29)27-16-6-3-5-15(13-16)22(24,25)26/h1-7,12-13,27H,8-11H2,(H,28,29). The molecule has 29 heavy (non-hydrogen) atoms. The molecule has 0 amide bonds. The van der Waals surface area contributed by atoms with Crippen molar-refractivity contribution in [3.05, 3.63) is 69.7 Å². The van der Waals surface area contributed by atoms with Gasteiger partial charge in [0.2, 0.25) is 0 Å². The molecule has 152 valence electrons. The number of benzene rings is 2. The number of carboxylic acids is 1. The van der Waals surface area contributed by atoms with Crippen LogP contribution in [-0.4, -0.2) is 16.6 Å². The van der Waals surface area contributed by atoms with E-state index < -0.39 is 23.2 Å². The Morgan fingerprint density at radius 3 is 2.38 bits per heavy atom. The van der Waals surface area contributed by atoms with Gasteiger partial charge in [0.15, 0.2) is 0 Å². The van der Waals surface area contributed by atoms with Crippen LogP contribution in [0.4, 0.5) is 18.9 Å². The summed E-state index contributed by atoms with van der Waals surface area (Å²) in [4.78, 5) is 12.2. The summed E-state index contributed by atoms with van der Waals surface area (Å²) in [6.45, 7) is 0. The lowest BCUT2D eigenvalue weighted by molar-refractivity contribution is -0.143. The Balaban J connectivity index is 1.62. The highest BCUT2D eigenvalue weighted by Crippen LogP contribution is 2.55. The zero-order valence-electron chi connectivity index (χ0n) is 15.4. The second-order valence-electron chi connectivity index (χ2n) is 7.75. The second-order valence-corrected chi connectivity index (χ2v) is 8.61. The number of alkyl halides is 3. The van der Waals surface area contributed by atoms with Crippen molar-refractivity contribution in [1.29, 1.82) is 0 Å². The van der Waals surface area contributed by atoms with Crippen LogP contribution in [0, 0.1) is 0 Å². The number of allylic oxidation sites excluding steroid dienone is 1. The summed E-state index contributed by atoms with van der Waals surface area (Å²) in [6.07, 6.45) is -0.637. The minimum atomic E-state index is -4.48. The van der Waals surface area contributed by atoms with Crippen molar-refractivity contribution in [2.45, 2.75) is 42.8 Å². The molecule has 1 spiro atoms. The quantitative estimate of drug-likeness (QED) is 0.566. The fourth-order valence-electron chi connectivity index (χ4n) is 4.52. The number of halogens is 4. The average Bonchev–Trinajstić information content (AvgIpc) is 2.95. The van der Waals surface area contributed by atoms with Gasteiger partial charge in [-0.1, -0.05) is 46.3 Å². The summed E-state index contributed by atoms with van der Waals surface area (Å²) in [6, 6.07) is 12.7. The van der Waals surface area contributed by atoms with Gasteiger partial charge in [-0.15, -0.1) is 0 Å². The van der Waals surface area contributed by atoms with Crippen LogP contribution in [0.25, 0.3) is 6.08 Å². The number of carboxylic acid groups (broad SMARTS) is 1. The Labute approximate surface area is 174 Å². The molecule has 1 saturated carbocycles. The van der Waals surface area contributed by atoms with E-state index in [0.717, 1.165) is 22.2 Å². The van der Waals surface area contributed by atoms with Gasteiger partial charge in [-0.25, -0.2) is 4.79 Å². The summed E-state index contributed by atoms with van der Waals surface area (Å²) >= 11 is 3.68. The maximum Gasteiger partial charge on any atom is 0.416 e. The van der Waals surface area contributed by atoms with E-state index in [4.69, 9.17) is 0 Å². The first-order valence-electron chi connectivity index (χ1n) is 9.32.